The van der Waals surface area contributed by atoms with Crippen LogP contribution in [0.4, 0.5) is 16.0 Å². The van der Waals surface area contributed by atoms with Crippen LogP contribution in [-0.4, -0.2) is 64.9 Å². The predicted octanol–water partition coefficient (Wildman–Crippen LogP) is 2.55. The van der Waals surface area contributed by atoms with Gasteiger partial charge in [-0.25, -0.2) is 4.39 Å². The van der Waals surface area contributed by atoms with Gasteiger partial charge in [-0.1, -0.05) is 23.9 Å². The van der Waals surface area contributed by atoms with Crippen LogP contribution in [-0.2, 0) is 20.8 Å². The smallest absolute Gasteiger partial charge is 0.237 e. The van der Waals surface area contributed by atoms with Crippen molar-refractivity contribution in [1.82, 2.24) is 14.8 Å². The van der Waals surface area contributed by atoms with Gasteiger partial charge in [0.2, 0.25) is 11.9 Å². The molecule has 0 saturated carbocycles. The molecule has 0 radical (unpaired) electrons. The number of carbonyl (C=O) groups is 1. The van der Waals surface area contributed by atoms with Gasteiger partial charge in [-0.15, -0.1) is 10.2 Å². The van der Waals surface area contributed by atoms with Crippen molar-refractivity contribution in [2.75, 3.05) is 43.1 Å². The minimum Gasteiger partial charge on any atom is -0.378 e. The van der Waals surface area contributed by atoms with Crippen molar-refractivity contribution in [1.29, 1.82) is 0 Å². The van der Waals surface area contributed by atoms with Crippen molar-refractivity contribution >= 4 is 29.3 Å². The van der Waals surface area contributed by atoms with Crippen molar-refractivity contribution in [3.63, 3.8) is 0 Å². The van der Waals surface area contributed by atoms with E-state index in [1.807, 2.05) is 4.57 Å². The van der Waals surface area contributed by atoms with Crippen molar-refractivity contribution < 1.29 is 18.7 Å². The summed E-state index contributed by atoms with van der Waals surface area (Å²) in [4.78, 5) is 14.8. The van der Waals surface area contributed by atoms with Crippen molar-refractivity contribution in [2.24, 2.45) is 0 Å². The molecule has 0 bridgehead atoms. The number of halogens is 1. The average Bonchev–Trinajstić information content (AvgIpc) is 3.41. The van der Waals surface area contributed by atoms with E-state index in [-0.39, 0.29) is 17.7 Å². The third-order valence-electron chi connectivity index (χ3n) is 5.18. The minimum absolute atomic E-state index is 0.114. The number of rotatable bonds is 7. The Labute approximate surface area is 179 Å². The highest BCUT2D eigenvalue weighted by Gasteiger charge is 2.27. The zero-order chi connectivity index (χ0) is 20.9. The third kappa shape index (κ3) is 4.93. The number of carbonyl (C=O) groups excluding carboxylic acids is 1. The molecule has 2 aliphatic rings. The van der Waals surface area contributed by atoms with Crippen LogP contribution in [0.1, 0.15) is 19.8 Å². The Bertz CT molecular complexity index is 868. The number of ether oxygens (including phenoxy) is 2. The molecule has 1 N–H and O–H groups in total. The molecule has 1 aromatic heterocycles. The Morgan fingerprint density at radius 3 is 2.83 bits per heavy atom. The molecule has 2 aromatic rings. The molecule has 1 amide bonds. The molecule has 1 aromatic carbocycles. The molecule has 0 aliphatic carbocycles. The fraction of sp³-hybridized carbons (Fsp3) is 0.550. The Kier molecular flexibility index (Phi) is 6.86. The fourth-order valence-electron chi connectivity index (χ4n) is 3.53. The van der Waals surface area contributed by atoms with Crippen LogP contribution in [0.3, 0.4) is 0 Å². The lowest BCUT2D eigenvalue weighted by molar-refractivity contribution is -0.115. The van der Waals surface area contributed by atoms with Gasteiger partial charge in [0, 0.05) is 19.7 Å². The van der Waals surface area contributed by atoms with Crippen LogP contribution >= 0.6 is 11.8 Å². The summed E-state index contributed by atoms with van der Waals surface area (Å²) < 4.78 is 27.2. The first-order valence-electron chi connectivity index (χ1n) is 10.2. The molecular formula is C20H26FN5O3S. The van der Waals surface area contributed by atoms with Crippen molar-refractivity contribution in [2.45, 2.75) is 42.8 Å². The maximum Gasteiger partial charge on any atom is 0.237 e. The first kappa shape index (κ1) is 21.1. The van der Waals surface area contributed by atoms with Crippen molar-refractivity contribution in [3.8, 4) is 0 Å². The molecule has 2 saturated heterocycles. The molecule has 0 unspecified atom stereocenters. The van der Waals surface area contributed by atoms with E-state index >= 15 is 0 Å². The Hall–Kier alpha value is -2.17. The lowest BCUT2D eigenvalue weighted by Gasteiger charge is -2.28. The molecule has 2 aliphatic heterocycles. The van der Waals surface area contributed by atoms with Crippen LogP contribution in [0, 0.1) is 5.82 Å². The highest BCUT2D eigenvalue weighted by Crippen LogP contribution is 2.29. The normalized spacial score (nSPS) is 20.3. The predicted molar refractivity (Wildman–Crippen MR) is 112 cm³/mol. The van der Waals surface area contributed by atoms with Crippen molar-refractivity contribution in [3.05, 3.63) is 30.1 Å². The number of hydrogen-bond acceptors (Lipinski definition) is 7. The Morgan fingerprint density at radius 2 is 2.10 bits per heavy atom. The topological polar surface area (TPSA) is 81.5 Å². The molecule has 162 valence electrons. The summed E-state index contributed by atoms with van der Waals surface area (Å²) in [5.41, 5.74) is 0.171. The first-order chi connectivity index (χ1) is 14.6. The third-order valence-corrected chi connectivity index (χ3v) is 6.27. The lowest BCUT2D eigenvalue weighted by Crippen LogP contribution is -2.38. The van der Waals surface area contributed by atoms with Gasteiger partial charge in [-0.3, -0.25) is 9.36 Å². The van der Waals surface area contributed by atoms with Gasteiger partial charge in [-0.05, 0) is 31.9 Å². The van der Waals surface area contributed by atoms with Gasteiger partial charge in [-0.2, -0.15) is 0 Å². The zero-order valence-electron chi connectivity index (χ0n) is 16.9. The van der Waals surface area contributed by atoms with Crippen LogP contribution in [0.15, 0.2) is 29.4 Å². The second-order valence-electron chi connectivity index (χ2n) is 7.36. The maximum absolute atomic E-state index is 13.9. The second-order valence-corrected chi connectivity index (χ2v) is 8.66. The Balaban J connectivity index is 1.49. The second kappa shape index (κ2) is 9.76. The Morgan fingerprint density at radius 1 is 1.30 bits per heavy atom. The quantitative estimate of drug-likeness (QED) is 0.670. The number of nitrogens with zero attached hydrogens (tertiary/aromatic N) is 4. The van der Waals surface area contributed by atoms with E-state index in [2.05, 4.69) is 20.4 Å². The first-order valence-corrected chi connectivity index (χ1v) is 11.1. The average molecular weight is 436 g/mol. The maximum atomic E-state index is 13.9. The fourth-order valence-corrected chi connectivity index (χ4v) is 4.38. The SMILES string of the molecule is C[C@@H](Sc1nnc(N2CCOCC2)n1C[C@H]1CCCO1)C(=O)Nc1ccccc1F. The highest BCUT2D eigenvalue weighted by molar-refractivity contribution is 8.00. The van der Waals surface area contributed by atoms with Crippen LogP contribution in [0.5, 0.6) is 0 Å². The summed E-state index contributed by atoms with van der Waals surface area (Å²) in [6.07, 6.45) is 2.15. The van der Waals surface area contributed by atoms with Gasteiger partial charge >= 0.3 is 0 Å². The molecule has 30 heavy (non-hydrogen) atoms. The largest absolute Gasteiger partial charge is 0.378 e. The number of thioether (sulfide) groups is 1. The van der Waals surface area contributed by atoms with E-state index in [0.29, 0.717) is 24.9 Å². The van der Waals surface area contributed by atoms with Gasteiger partial charge in [0.25, 0.3) is 0 Å². The number of amides is 1. The molecule has 0 spiro atoms. The molecule has 2 fully saturated rings. The van der Waals surface area contributed by atoms with Crippen LogP contribution in [0.2, 0.25) is 0 Å². The number of aromatic nitrogens is 3. The number of morpholine rings is 1. The van der Waals surface area contributed by atoms with Gasteiger partial charge in [0.05, 0.1) is 36.8 Å². The summed E-state index contributed by atoms with van der Waals surface area (Å²) in [5.74, 6) is 0.0295. The van der Waals surface area contributed by atoms with E-state index in [1.54, 1.807) is 25.1 Å². The zero-order valence-corrected chi connectivity index (χ0v) is 17.7. The number of benzene rings is 1. The molecular weight excluding hydrogens is 409 g/mol. The number of para-hydroxylation sites is 1. The monoisotopic (exact) mass is 435 g/mol. The van der Waals surface area contributed by atoms with E-state index in [9.17, 15) is 9.18 Å². The van der Waals surface area contributed by atoms with Gasteiger partial charge in [0.1, 0.15) is 5.82 Å². The van der Waals surface area contributed by atoms with Gasteiger partial charge < -0.3 is 19.7 Å². The molecule has 8 nitrogen and oxygen atoms in total. The summed E-state index contributed by atoms with van der Waals surface area (Å²) in [6.45, 7) is 5.98. The number of anilines is 2. The molecule has 3 heterocycles. The summed E-state index contributed by atoms with van der Waals surface area (Å²) >= 11 is 1.31. The highest BCUT2D eigenvalue weighted by atomic mass is 32.2. The van der Waals surface area contributed by atoms with Gasteiger partial charge in [0.15, 0.2) is 5.16 Å². The summed E-state index contributed by atoms with van der Waals surface area (Å²) in [7, 11) is 0. The van der Waals surface area contributed by atoms with E-state index < -0.39 is 11.1 Å². The lowest BCUT2D eigenvalue weighted by atomic mass is 10.2. The van der Waals surface area contributed by atoms with Crippen LogP contribution < -0.4 is 10.2 Å². The molecule has 10 heteroatoms. The van der Waals surface area contributed by atoms with Crippen LogP contribution in [0.25, 0.3) is 0 Å². The minimum atomic E-state index is -0.477. The molecule has 4 rings (SSSR count). The van der Waals surface area contributed by atoms with E-state index in [1.165, 1.54) is 17.8 Å². The summed E-state index contributed by atoms with van der Waals surface area (Å²) in [5, 5.41) is 11.6. The number of hydrogen-bond donors (Lipinski definition) is 1. The van der Waals surface area contributed by atoms with E-state index in [4.69, 9.17) is 9.47 Å². The summed E-state index contributed by atoms with van der Waals surface area (Å²) in [6, 6.07) is 6.13. The van der Waals surface area contributed by atoms with E-state index in [0.717, 1.165) is 38.5 Å². The molecule has 2 atom stereocenters. The number of nitrogens with one attached hydrogen (secondary N) is 1. The standard InChI is InChI=1S/C20H26FN5O3S/c1-14(18(27)22-17-7-3-2-6-16(17)21)30-20-24-23-19(25-8-11-28-12-9-25)26(20)13-15-5-4-10-29-15/h2-3,6-7,14-15H,4-5,8-13H2,1H3,(H,22,27)/t14-,15-/m1/s1.